The molecule has 0 radical (unpaired) electrons. The molecule has 8 heterocycles. The molecule has 0 saturated carbocycles. The van der Waals surface area contributed by atoms with Crippen molar-refractivity contribution >= 4 is 60.5 Å². The van der Waals surface area contributed by atoms with Crippen LogP contribution in [0, 0.1) is 0 Å². The Balaban J connectivity index is 0.000000173. The summed E-state index contributed by atoms with van der Waals surface area (Å²) in [7, 11) is -4.07. The number of esters is 1. The first-order chi connectivity index (χ1) is 41.2. The van der Waals surface area contributed by atoms with Gasteiger partial charge in [-0.25, -0.2) is 9.36 Å². The van der Waals surface area contributed by atoms with Crippen molar-refractivity contribution in [2.75, 3.05) is 45.0 Å². The minimum absolute atomic E-state index is 0.0344. The lowest BCUT2D eigenvalue weighted by Gasteiger charge is -2.26. The SMILES string of the molecule is CC(C)OC(=O)[C@H](C)N[P@](=O)(OC[C@H]1OC[C@@H](N2C=CC(=O)CC2=O)O1)Oc1ccccc1.CC[C@H]1OC[C@@H](N2C=CC(=O)CC2=O)O1.CC[C@H]1OC[C@@H](n2ccc(NC(=O)c3ccccc3)nc2=O)O1.O=C1C=CN([C@@H]2CO[C@H](CO)O2)C(=O)C1. The highest BCUT2D eigenvalue weighted by Crippen LogP contribution is 2.45. The Labute approximate surface area is 493 Å². The predicted molar refractivity (Wildman–Crippen MR) is 296 cm³/mol. The third-order valence-electron chi connectivity index (χ3n) is 12.6. The van der Waals surface area contributed by atoms with Crippen LogP contribution >= 0.6 is 7.75 Å². The number of carbonyl (C=O) groups is 8. The van der Waals surface area contributed by atoms with E-state index in [0.29, 0.717) is 25.2 Å². The van der Waals surface area contributed by atoms with E-state index >= 15 is 0 Å². The number of anilines is 1. The molecule has 3 N–H and O–H groups in total. The largest absolute Gasteiger partial charge is 0.462 e. The monoisotopic (exact) mass is 1220 g/mol. The quantitative estimate of drug-likeness (QED) is 0.0934. The summed E-state index contributed by atoms with van der Waals surface area (Å²) in [5.41, 5.74) is -0.00185. The zero-order valence-electron chi connectivity index (χ0n) is 47.6. The molecule has 4 amide bonds. The van der Waals surface area contributed by atoms with Crippen molar-refractivity contribution < 1.29 is 99.7 Å². The molecular formula is C56H68N7O22P. The van der Waals surface area contributed by atoms with Gasteiger partial charge in [-0.3, -0.25) is 62.1 Å². The summed E-state index contributed by atoms with van der Waals surface area (Å²) >= 11 is 0. The Kier molecular flexibility index (Phi) is 24.4. The predicted octanol–water partition coefficient (Wildman–Crippen LogP) is 3.31. The molecule has 0 aliphatic carbocycles. The second-order valence-corrected chi connectivity index (χ2v) is 21.2. The zero-order valence-corrected chi connectivity index (χ0v) is 48.5. The van der Waals surface area contributed by atoms with E-state index in [2.05, 4.69) is 15.4 Å². The molecule has 0 spiro atoms. The Hall–Kier alpha value is -7.51. The fourth-order valence-electron chi connectivity index (χ4n) is 8.35. The van der Waals surface area contributed by atoms with E-state index in [9.17, 15) is 47.7 Å². The number of benzene rings is 2. The van der Waals surface area contributed by atoms with Crippen molar-refractivity contribution in [3.05, 3.63) is 126 Å². The van der Waals surface area contributed by atoms with Gasteiger partial charge < -0.3 is 57.6 Å². The van der Waals surface area contributed by atoms with Crippen LogP contribution in [0.25, 0.3) is 0 Å². The van der Waals surface area contributed by atoms with Crippen molar-refractivity contribution in [3.8, 4) is 5.75 Å². The zero-order chi connectivity index (χ0) is 61.9. The minimum Gasteiger partial charge on any atom is -0.462 e. The molecule has 4 fully saturated rings. The number of amides is 4. The number of hydrogen-bond donors (Lipinski definition) is 3. The highest BCUT2D eigenvalue weighted by Gasteiger charge is 2.40. The van der Waals surface area contributed by atoms with Gasteiger partial charge in [-0.1, -0.05) is 50.2 Å². The number of allylic oxidation sites excluding steroid dienone is 3. The average molecular weight is 1220 g/mol. The summed E-state index contributed by atoms with van der Waals surface area (Å²) in [4.78, 5) is 112. The van der Waals surface area contributed by atoms with E-state index < -0.39 is 62.6 Å². The highest BCUT2D eigenvalue weighted by atomic mass is 31.2. The number of rotatable bonds is 18. The second kappa shape index (κ2) is 31.8. The van der Waals surface area contributed by atoms with Crippen molar-refractivity contribution in [2.45, 2.75) is 129 Å². The molecule has 0 bridgehead atoms. The first-order valence-corrected chi connectivity index (χ1v) is 29.0. The first-order valence-electron chi connectivity index (χ1n) is 27.4. The highest BCUT2D eigenvalue weighted by molar-refractivity contribution is 7.52. The van der Waals surface area contributed by atoms with E-state index in [-0.39, 0.29) is 117 Å². The average Bonchev–Trinajstić information content (AvgIpc) is 4.52. The molecule has 2 aromatic carbocycles. The Bertz CT molecular complexity index is 3010. The molecule has 464 valence electrons. The van der Waals surface area contributed by atoms with Gasteiger partial charge in [0, 0.05) is 30.4 Å². The standard InChI is InChI=1S/C21H27N2O9P.C16H17N3O4.C10H13NO4.C9H11NO5/c1-14(2)30-21(26)15(3)22-33(27,32-17-7-5-4-6-8-17)29-13-20-28-12-19(31-20)23-10-9-16(24)11-18(23)25;1-2-14-22-10-13(23-14)19-9-8-12(18-16(19)21)17-15(20)11-6-4-3-5-7-11;1-2-10-14-6-9(15-10)11-4-3-7(12)5-8(11)13;11-4-9-14-5-8(15-9)10-2-1-6(12)3-7(10)13/h4-10,14-15,19-20H,11-13H2,1-3H3,(H,22,27);3-9,13-14H,2,10H2,1H3,(H,17,18,20,21);3-4,9-10H,2,5-6H2,1H3;1-2,8-9,11H,3-5H2/t15-,19-,20-,33-;13-,14-;9-,10-;8-,9-/m0000/s1. The number of aliphatic hydroxyl groups excluding tert-OH is 1. The molecule has 3 aromatic rings. The van der Waals surface area contributed by atoms with Gasteiger partial charge in [-0.2, -0.15) is 10.1 Å². The molecule has 1 aromatic heterocycles. The molecule has 86 heavy (non-hydrogen) atoms. The van der Waals surface area contributed by atoms with Crippen molar-refractivity contribution in [2.24, 2.45) is 0 Å². The number of carbonyl (C=O) groups excluding carboxylic acids is 8. The molecule has 10 rings (SSSR count). The number of ketones is 3. The van der Waals surface area contributed by atoms with Gasteiger partial charge in [0.15, 0.2) is 67.4 Å². The number of hydrogen-bond acceptors (Lipinski definition) is 23. The van der Waals surface area contributed by atoms with Gasteiger partial charge in [-0.15, -0.1) is 0 Å². The van der Waals surface area contributed by atoms with Gasteiger partial charge in [0.25, 0.3) is 5.91 Å². The topological polar surface area (TPSA) is 344 Å². The number of aliphatic hydroxyl groups is 1. The van der Waals surface area contributed by atoms with Gasteiger partial charge >= 0.3 is 19.4 Å². The molecule has 10 atom stereocenters. The Morgan fingerprint density at radius 2 is 1.09 bits per heavy atom. The van der Waals surface area contributed by atoms with E-state index in [1.165, 1.54) is 63.0 Å². The molecule has 7 aliphatic heterocycles. The maximum atomic E-state index is 13.4. The van der Waals surface area contributed by atoms with Crippen molar-refractivity contribution in [1.82, 2.24) is 29.3 Å². The molecule has 29 nitrogen and oxygen atoms in total. The Morgan fingerprint density at radius 1 is 0.640 bits per heavy atom. The summed E-state index contributed by atoms with van der Waals surface area (Å²) in [5.74, 6) is -2.09. The summed E-state index contributed by atoms with van der Waals surface area (Å²) in [6, 6.07) is 17.6. The number of nitrogens with zero attached hydrogens (tertiary/aromatic N) is 5. The number of ether oxygens (including phenoxy) is 9. The van der Waals surface area contributed by atoms with E-state index in [4.69, 9.17) is 56.8 Å². The minimum atomic E-state index is -4.07. The van der Waals surface area contributed by atoms with Gasteiger partial charge in [0.05, 0.1) is 58.4 Å². The smallest absolute Gasteiger partial charge is 0.459 e. The summed E-state index contributed by atoms with van der Waals surface area (Å²) in [5, 5.41) is 13.9. The van der Waals surface area contributed by atoms with E-state index in [1.54, 1.807) is 80.7 Å². The van der Waals surface area contributed by atoms with Crippen LogP contribution in [0.15, 0.2) is 115 Å². The van der Waals surface area contributed by atoms with Crippen LogP contribution in [-0.4, -0.2) is 172 Å². The lowest BCUT2D eigenvalue weighted by atomic mass is 10.2. The second-order valence-electron chi connectivity index (χ2n) is 19.5. The molecule has 0 unspecified atom stereocenters. The van der Waals surface area contributed by atoms with E-state index in [1.807, 2.05) is 19.9 Å². The van der Waals surface area contributed by atoms with Crippen LogP contribution in [0.2, 0.25) is 0 Å². The molecule has 7 aliphatic rings. The third kappa shape index (κ3) is 19.2. The van der Waals surface area contributed by atoms with Crippen LogP contribution < -0.4 is 20.6 Å². The third-order valence-corrected chi connectivity index (χ3v) is 14.3. The van der Waals surface area contributed by atoms with Crippen LogP contribution in [-0.2, 0) is 85.3 Å². The molecule has 4 saturated heterocycles. The maximum absolute atomic E-state index is 13.4. The number of para-hydroxylation sites is 1. The Morgan fingerprint density at radius 3 is 1.55 bits per heavy atom. The van der Waals surface area contributed by atoms with Gasteiger partial charge in [-0.05, 0) is 82.2 Å². The fraction of sp³-hybridized carbons (Fsp3) is 0.464. The fourth-order valence-corrected chi connectivity index (χ4v) is 9.83. The van der Waals surface area contributed by atoms with Gasteiger partial charge in [0.2, 0.25) is 17.7 Å². The first kappa shape index (κ1) is 66.0. The summed E-state index contributed by atoms with van der Waals surface area (Å²) in [6.07, 6.45) is 6.07. The van der Waals surface area contributed by atoms with E-state index in [0.717, 1.165) is 6.42 Å². The number of aromatic nitrogens is 2. The lowest BCUT2D eigenvalue weighted by Crippen LogP contribution is -2.41. The maximum Gasteiger partial charge on any atom is 0.459 e. The van der Waals surface area contributed by atoms with Crippen LogP contribution in [0.5, 0.6) is 5.75 Å². The van der Waals surface area contributed by atoms with Crippen LogP contribution in [0.1, 0.15) is 83.3 Å². The molecule has 30 heteroatoms. The lowest BCUT2D eigenvalue weighted by molar-refractivity contribution is -0.149. The summed E-state index contributed by atoms with van der Waals surface area (Å²) in [6.45, 7) is 9.10. The van der Waals surface area contributed by atoms with Crippen molar-refractivity contribution in [3.63, 3.8) is 0 Å². The molecular weight excluding hydrogens is 1150 g/mol. The van der Waals surface area contributed by atoms with Crippen LogP contribution in [0.3, 0.4) is 0 Å². The summed E-state index contributed by atoms with van der Waals surface area (Å²) < 4.78 is 74.2. The van der Waals surface area contributed by atoms with Crippen molar-refractivity contribution in [1.29, 1.82) is 0 Å². The normalized spacial score (nSPS) is 25.4. The number of nitrogens with one attached hydrogen (secondary N) is 2. The van der Waals surface area contributed by atoms with Crippen LogP contribution in [0.4, 0.5) is 5.82 Å². The van der Waals surface area contributed by atoms with Gasteiger partial charge in [0.1, 0.15) is 24.2 Å².